The number of ketones is 2. The van der Waals surface area contributed by atoms with Crippen LogP contribution in [0, 0.1) is 17.3 Å². The molecule has 228 valence electrons. The number of phenolic OH excluding ortho intramolecular Hbond substituents is 1. The van der Waals surface area contributed by atoms with Crippen molar-refractivity contribution < 1.29 is 34.8 Å². The third-order valence-corrected chi connectivity index (χ3v) is 8.71. The average Bonchev–Trinajstić information content (AvgIpc) is 2.91. The summed E-state index contributed by atoms with van der Waals surface area (Å²) in [5.41, 5.74) is 3.87. The van der Waals surface area contributed by atoms with E-state index in [1.165, 1.54) is 4.90 Å². The third kappa shape index (κ3) is 4.81. The lowest BCUT2D eigenvalue weighted by molar-refractivity contribution is -0.148. The predicted octanol–water partition coefficient (Wildman–Crippen LogP) is 2.32. The smallest absolute Gasteiger partial charge is 0.255 e. The zero-order valence-electron chi connectivity index (χ0n) is 24.9. The molecular weight excluding hydrogens is 552 g/mol. The molecule has 2 aromatic rings. The number of amides is 1. The lowest BCUT2D eigenvalue weighted by Crippen LogP contribution is -2.63. The molecule has 1 amide bonds. The second-order valence-electron chi connectivity index (χ2n) is 13.1. The Kier molecular flexibility index (Phi) is 7.48. The Morgan fingerprint density at radius 1 is 1.19 bits per heavy atom. The van der Waals surface area contributed by atoms with Crippen LogP contribution in [-0.2, 0) is 22.6 Å². The van der Waals surface area contributed by atoms with Gasteiger partial charge < -0.3 is 31.5 Å². The first-order valence-corrected chi connectivity index (χ1v) is 14.2. The molecule has 1 heterocycles. The molecule has 0 radical (unpaired) electrons. The SMILES string of the molecule is CN(C)[C@@H]1C(O)=C(C(N)=O)C(=O)[C@@]2(O)C(O)=C3C(=O)c4c(O)c(CNCC(C)(C)C)cc(-c5ccccn5)c4C[C@H]3C[C@@H]12. The number of nitrogens with one attached hydrogen (secondary N) is 1. The molecular formula is C32H38N4O7. The van der Waals surface area contributed by atoms with E-state index in [1.807, 2.05) is 18.2 Å². The van der Waals surface area contributed by atoms with Gasteiger partial charge in [-0.05, 0) is 62.0 Å². The number of likely N-dealkylation sites (N-methyl/N-ethyl adjacent to an activating group) is 1. The Bertz CT molecular complexity index is 1590. The van der Waals surface area contributed by atoms with Crippen molar-refractivity contribution >= 4 is 17.5 Å². The van der Waals surface area contributed by atoms with Gasteiger partial charge in [0.1, 0.15) is 22.8 Å². The molecule has 0 unspecified atom stereocenters. The topological polar surface area (TPSA) is 186 Å². The highest BCUT2D eigenvalue weighted by atomic mass is 16.3. The summed E-state index contributed by atoms with van der Waals surface area (Å²) in [6.45, 7) is 7.09. The van der Waals surface area contributed by atoms with E-state index in [-0.39, 0.29) is 41.7 Å². The monoisotopic (exact) mass is 590 g/mol. The minimum atomic E-state index is -2.68. The minimum absolute atomic E-state index is 0.0169. The molecule has 0 spiro atoms. The van der Waals surface area contributed by atoms with Gasteiger partial charge in [0.25, 0.3) is 5.91 Å². The number of carbonyl (C=O) groups is 3. The Morgan fingerprint density at radius 2 is 1.88 bits per heavy atom. The fourth-order valence-corrected chi connectivity index (χ4v) is 6.83. The number of aliphatic hydroxyl groups is 3. The first kappa shape index (κ1) is 30.4. The van der Waals surface area contributed by atoms with Crippen LogP contribution in [0.4, 0.5) is 0 Å². The van der Waals surface area contributed by atoms with E-state index >= 15 is 0 Å². The molecule has 3 aliphatic rings. The molecule has 4 atom stereocenters. The van der Waals surface area contributed by atoms with E-state index < -0.39 is 58.0 Å². The highest BCUT2D eigenvalue weighted by molar-refractivity contribution is 6.25. The predicted molar refractivity (Wildman–Crippen MR) is 158 cm³/mol. The number of nitrogens with two attached hydrogens (primary N) is 1. The number of primary amides is 1. The van der Waals surface area contributed by atoms with Gasteiger partial charge in [-0.3, -0.25) is 24.3 Å². The maximum Gasteiger partial charge on any atom is 0.255 e. The molecule has 43 heavy (non-hydrogen) atoms. The van der Waals surface area contributed by atoms with Crippen molar-refractivity contribution in [2.75, 3.05) is 20.6 Å². The van der Waals surface area contributed by atoms with Crippen LogP contribution in [0.15, 0.2) is 53.1 Å². The van der Waals surface area contributed by atoms with Crippen molar-refractivity contribution in [2.45, 2.75) is 51.8 Å². The number of benzene rings is 1. The van der Waals surface area contributed by atoms with Crippen LogP contribution >= 0.6 is 0 Å². The van der Waals surface area contributed by atoms with Crippen molar-refractivity contribution in [3.8, 4) is 17.0 Å². The maximum atomic E-state index is 14.3. The number of aromatic nitrogens is 1. The molecule has 1 aromatic carbocycles. The summed E-state index contributed by atoms with van der Waals surface area (Å²) in [6, 6.07) is 6.17. The minimum Gasteiger partial charge on any atom is -0.510 e. The van der Waals surface area contributed by atoms with Gasteiger partial charge in [0.2, 0.25) is 5.78 Å². The number of aromatic hydroxyl groups is 1. The van der Waals surface area contributed by atoms with Gasteiger partial charge in [-0.1, -0.05) is 26.8 Å². The highest BCUT2D eigenvalue weighted by Gasteiger charge is 2.63. The van der Waals surface area contributed by atoms with E-state index in [9.17, 15) is 34.8 Å². The van der Waals surface area contributed by atoms with Crippen LogP contribution in [0.25, 0.3) is 11.3 Å². The fraction of sp³-hybridized carbons (Fsp3) is 0.438. The second kappa shape index (κ2) is 10.6. The van der Waals surface area contributed by atoms with E-state index in [1.54, 1.807) is 26.4 Å². The lowest BCUT2D eigenvalue weighted by atomic mass is 9.58. The molecule has 0 bridgehead atoms. The normalized spacial score (nSPS) is 25.5. The summed E-state index contributed by atoms with van der Waals surface area (Å²) in [5.74, 6) is -6.75. The summed E-state index contributed by atoms with van der Waals surface area (Å²) in [7, 11) is 3.19. The summed E-state index contributed by atoms with van der Waals surface area (Å²) >= 11 is 0. The number of hydrogen-bond acceptors (Lipinski definition) is 10. The quantitative estimate of drug-likeness (QED) is 0.273. The zero-order valence-corrected chi connectivity index (χ0v) is 24.9. The molecule has 3 aliphatic carbocycles. The molecule has 0 aliphatic heterocycles. The van der Waals surface area contributed by atoms with Crippen LogP contribution in [0.2, 0.25) is 0 Å². The van der Waals surface area contributed by atoms with Gasteiger partial charge in [0, 0.05) is 41.9 Å². The second-order valence-corrected chi connectivity index (χ2v) is 13.1. The number of hydrogen-bond donors (Lipinski definition) is 6. The standard InChI is InChI=1S/C32H38N4O7/c1-31(2,3)14-34-13-16-11-17(20-8-6-7-9-35-20)18-10-15-12-19-24(36(4)5)27(39)23(30(33)42)29(41)32(19,43)28(40)21(15)26(38)22(18)25(16)37/h6-9,11,15,19,24,34,37,39-40,43H,10,12-14H2,1-5H3,(H2,33,42)/t15-,19-,24-,32-/m0/s1. The van der Waals surface area contributed by atoms with Crippen molar-refractivity contribution in [2.24, 2.45) is 23.0 Å². The Balaban J connectivity index is 1.70. The Morgan fingerprint density at radius 3 is 2.47 bits per heavy atom. The summed E-state index contributed by atoms with van der Waals surface area (Å²) in [5, 5.41) is 49.2. The summed E-state index contributed by atoms with van der Waals surface area (Å²) in [4.78, 5) is 46.1. The summed E-state index contributed by atoms with van der Waals surface area (Å²) in [6.07, 6.45) is 1.84. The first-order chi connectivity index (χ1) is 20.1. The molecule has 1 aromatic heterocycles. The van der Waals surface area contributed by atoms with Crippen LogP contribution in [0.5, 0.6) is 5.75 Å². The molecule has 0 fully saturated rings. The van der Waals surface area contributed by atoms with Gasteiger partial charge in [-0.15, -0.1) is 0 Å². The van der Waals surface area contributed by atoms with Crippen LogP contribution in [0.1, 0.15) is 48.7 Å². The molecule has 0 saturated heterocycles. The van der Waals surface area contributed by atoms with E-state index in [4.69, 9.17) is 5.73 Å². The van der Waals surface area contributed by atoms with Gasteiger partial charge in [0.05, 0.1) is 17.3 Å². The van der Waals surface area contributed by atoms with Crippen LogP contribution in [-0.4, -0.2) is 80.1 Å². The van der Waals surface area contributed by atoms with Gasteiger partial charge >= 0.3 is 0 Å². The largest absolute Gasteiger partial charge is 0.510 e. The number of fused-ring (bicyclic) bond motifs is 3. The van der Waals surface area contributed by atoms with Crippen molar-refractivity contribution in [3.63, 3.8) is 0 Å². The average molecular weight is 591 g/mol. The van der Waals surface area contributed by atoms with Crippen molar-refractivity contribution in [1.82, 2.24) is 15.2 Å². The number of rotatable bonds is 6. The van der Waals surface area contributed by atoms with E-state index in [0.29, 0.717) is 28.9 Å². The highest BCUT2D eigenvalue weighted by Crippen LogP contribution is 2.53. The van der Waals surface area contributed by atoms with Crippen LogP contribution < -0.4 is 11.1 Å². The Labute approximate surface area is 249 Å². The summed E-state index contributed by atoms with van der Waals surface area (Å²) < 4.78 is 0. The van der Waals surface area contributed by atoms with Gasteiger partial charge in [-0.25, -0.2) is 0 Å². The van der Waals surface area contributed by atoms with Crippen molar-refractivity contribution in [3.05, 3.63) is 69.8 Å². The number of carbonyl (C=O) groups excluding carboxylic acids is 3. The number of phenols is 1. The van der Waals surface area contributed by atoms with E-state index in [0.717, 1.165) is 0 Å². The molecule has 11 heteroatoms. The van der Waals surface area contributed by atoms with Gasteiger partial charge in [-0.2, -0.15) is 0 Å². The fourth-order valence-electron chi connectivity index (χ4n) is 6.83. The number of Topliss-reactive ketones (excluding diaryl/α,β-unsaturated/α-hetero) is 2. The third-order valence-electron chi connectivity index (χ3n) is 8.71. The van der Waals surface area contributed by atoms with Crippen molar-refractivity contribution in [1.29, 1.82) is 0 Å². The zero-order chi connectivity index (χ0) is 31.6. The number of pyridine rings is 1. The molecule has 0 saturated carbocycles. The maximum absolute atomic E-state index is 14.3. The molecule has 5 rings (SSSR count). The van der Waals surface area contributed by atoms with Crippen LogP contribution in [0.3, 0.4) is 0 Å². The number of aliphatic hydroxyl groups excluding tert-OH is 2. The molecule has 7 N–H and O–H groups in total. The first-order valence-electron chi connectivity index (χ1n) is 14.2. The van der Waals surface area contributed by atoms with Gasteiger partial charge in [0.15, 0.2) is 11.4 Å². The number of nitrogens with zero attached hydrogens (tertiary/aromatic N) is 2. The lowest BCUT2D eigenvalue weighted by Gasteiger charge is -2.50. The number of allylic oxidation sites excluding steroid dienone is 1. The Hall–Kier alpha value is -4.06. The molecule has 11 nitrogen and oxygen atoms in total. The van der Waals surface area contributed by atoms with E-state index in [2.05, 4.69) is 31.1 Å².